The van der Waals surface area contributed by atoms with E-state index in [1.165, 1.54) is 6.08 Å². The van der Waals surface area contributed by atoms with E-state index in [2.05, 4.69) is 36.4 Å². The molecule has 0 radical (unpaired) electrons. The van der Waals surface area contributed by atoms with E-state index in [4.69, 9.17) is 28.2 Å². The number of aromatic nitrogens is 4. The van der Waals surface area contributed by atoms with Crippen LogP contribution in [-0.4, -0.2) is 24.4 Å². The number of hydrogen-bond acceptors (Lipinski definition) is 5. The van der Waals surface area contributed by atoms with E-state index in [0.29, 0.717) is 34.0 Å². The lowest BCUT2D eigenvalue weighted by Gasteiger charge is -2.18. The first-order chi connectivity index (χ1) is 12.0. The molecule has 0 aliphatic heterocycles. The summed E-state index contributed by atoms with van der Waals surface area (Å²) < 4.78 is 21.4. The molecular weight excluding hydrogens is 433 g/mol. The molecule has 3 heterocycles. The van der Waals surface area contributed by atoms with Gasteiger partial charge in [0.05, 0.1) is 16.9 Å². The molecule has 0 amide bonds. The second-order valence-corrected chi connectivity index (χ2v) is 7.24. The molecule has 1 atom stereocenters. The second-order valence-electron chi connectivity index (χ2n) is 5.32. The first kappa shape index (κ1) is 16.5. The normalized spacial score (nSPS) is 17.5. The lowest BCUT2D eigenvalue weighted by molar-refractivity contribution is 0.552. The van der Waals surface area contributed by atoms with Gasteiger partial charge in [-0.25, -0.2) is 14.5 Å². The van der Waals surface area contributed by atoms with Crippen LogP contribution in [0.25, 0.3) is 17.1 Å². The number of H-pyrrole nitrogens is 1. The highest BCUT2D eigenvalue weighted by molar-refractivity contribution is 9.09. The van der Waals surface area contributed by atoms with Gasteiger partial charge in [-0.15, -0.1) is 5.10 Å². The Hall–Kier alpha value is -1.97. The van der Waals surface area contributed by atoms with Crippen LogP contribution in [0, 0.1) is 4.84 Å². The number of imidazole rings is 1. The molecule has 6 nitrogen and oxygen atoms in total. The standard InChI is InChI=1S/C15H10BrClFN5OS/c16-7-1-2-10(9(18)5-7)20-12-8(14-21-22-15(25)24-14)6-23-4-3-19-13(23)11(12)17/h2-7,20H,1H2,(H,22,25). The number of allylic oxidation sites excluding steroid dienone is 3. The molecule has 0 aromatic carbocycles. The summed E-state index contributed by atoms with van der Waals surface area (Å²) in [6, 6.07) is 0. The molecule has 1 aliphatic carbocycles. The SMILES string of the molecule is FC1=CC(Br)CC=C1Nc1c(-c2n[nH]c(=S)o2)cn2ccnc2c1Cl. The monoisotopic (exact) mass is 441 g/mol. The Morgan fingerprint density at radius 3 is 3.08 bits per heavy atom. The van der Waals surface area contributed by atoms with Crippen LogP contribution in [0.3, 0.4) is 0 Å². The van der Waals surface area contributed by atoms with Crippen molar-refractivity contribution in [3.05, 3.63) is 52.1 Å². The Morgan fingerprint density at radius 2 is 2.36 bits per heavy atom. The van der Waals surface area contributed by atoms with Crippen LogP contribution >= 0.6 is 39.7 Å². The maximum atomic E-state index is 14.3. The molecule has 3 aromatic rings. The van der Waals surface area contributed by atoms with Crippen molar-refractivity contribution in [2.75, 3.05) is 5.32 Å². The smallest absolute Gasteiger partial charge is 0.284 e. The van der Waals surface area contributed by atoms with Gasteiger partial charge in [0.2, 0.25) is 5.89 Å². The van der Waals surface area contributed by atoms with Crippen LogP contribution in [0.1, 0.15) is 6.42 Å². The summed E-state index contributed by atoms with van der Waals surface area (Å²) in [4.78, 5) is 4.32. The number of halogens is 3. The molecule has 0 fully saturated rings. The number of alkyl halides is 1. The van der Waals surface area contributed by atoms with Crippen LogP contribution in [0.15, 0.2) is 46.7 Å². The summed E-state index contributed by atoms with van der Waals surface area (Å²) >= 11 is 14.8. The van der Waals surface area contributed by atoms with Crippen molar-refractivity contribution in [2.24, 2.45) is 0 Å². The van der Waals surface area contributed by atoms with Gasteiger partial charge < -0.3 is 14.1 Å². The third-order valence-electron chi connectivity index (χ3n) is 3.68. The maximum absolute atomic E-state index is 14.3. The minimum Gasteiger partial charge on any atom is -0.409 e. The predicted molar refractivity (Wildman–Crippen MR) is 99.1 cm³/mol. The van der Waals surface area contributed by atoms with Crippen molar-refractivity contribution in [3.8, 4) is 11.5 Å². The van der Waals surface area contributed by atoms with Crippen LogP contribution in [0.4, 0.5) is 10.1 Å². The van der Waals surface area contributed by atoms with Crippen LogP contribution in [0.2, 0.25) is 5.02 Å². The van der Waals surface area contributed by atoms with Gasteiger partial charge in [0.25, 0.3) is 4.84 Å². The predicted octanol–water partition coefficient (Wildman–Crippen LogP) is 5.02. The number of fused-ring (bicyclic) bond motifs is 1. The Morgan fingerprint density at radius 1 is 1.52 bits per heavy atom. The summed E-state index contributed by atoms with van der Waals surface area (Å²) in [6.45, 7) is 0. The number of nitrogens with zero attached hydrogens (tertiary/aromatic N) is 3. The fourth-order valence-corrected chi connectivity index (χ4v) is 3.38. The highest BCUT2D eigenvalue weighted by Gasteiger charge is 2.21. The summed E-state index contributed by atoms with van der Waals surface area (Å²) in [5.74, 6) is -0.134. The highest BCUT2D eigenvalue weighted by Crippen LogP contribution is 2.38. The van der Waals surface area contributed by atoms with Crippen molar-refractivity contribution in [1.29, 1.82) is 0 Å². The van der Waals surface area contributed by atoms with Gasteiger partial charge in [-0.05, 0) is 24.7 Å². The van der Waals surface area contributed by atoms with Crippen molar-refractivity contribution >= 4 is 51.1 Å². The number of hydrogen-bond donors (Lipinski definition) is 2. The van der Waals surface area contributed by atoms with Gasteiger partial charge >= 0.3 is 0 Å². The number of nitrogens with one attached hydrogen (secondary N) is 2. The van der Waals surface area contributed by atoms with E-state index in [1.54, 1.807) is 29.1 Å². The minimum atomic E-state index is -0.374. The van der Waals surface area contributed by atoms with Gasteiger partial charge in [-0.1, -0.05) is 33.6 Å². The summed E-state index contributed by atoms with van der Waals surface area (Å²) in [5.41, 5.74) is 1.82. The van der Waals surface area contributed by atoms with Crippen molar-refractivity contribution < 1.29 is 8.81 Å². The first-order valence-electron chi connectivity index (χ1n) is 7.23. The van der Waals surface area contributed by atoms with E-state index < -0.39 is 0 Å². The quantitative estimate of drug-likeness (QED) is 0.440. The first-order valence-corrected chi connectivity index (χ1v) is 8.93. The number of pyridine rings is 1. The molecule has 0 bridgehead atoms. The Bertz CT molecular complexity index is 1090. The fourth-order valence-electron chi connectivity index (χ4n) is 2.54. The topological polar surface area (TPSA) is 71.2 Å². The zero-order valence-electron chi connectivity index (χ0n) is 12.5. The van der Waals surface area contributed by atoms with Gasteiger partial charge in [-0.3, -0.25) is 0 Å². The zero-order valence-corrected chi connectivity index (χ0v) is 15.6. The molecule has 1 aliphatic rings. The lowest BCUT2D eigenvalue weighted by atomic mass is 10.1. The fraction of sp³-hybridized carbons (Fsp3) is 0.133. The van der Waals surface area contributed by atoms with Crippen molar-refractivity contribution in [1.82, 2.24) is 19.6 Å². The molecule has 2 N–H and O–H groups in total. The van der Waals surface area contributed by atoms with E-state index >= 15 is 0 Å². The third-order valence-corrected chi connectivity index (χ3v) is 4.85. The van der Waals surface area contributed by atoms with Crippen LogP contribution < -0.4 is 5.32 Å². The largest absolute Gasteiger partial charge is 0.409 e. The van der Waals surface area contributed by atoms with Crippen molar-refractivity contribution in [3.63, 3.8) is 0 Å². The molecule has 1 unspecified atom stereocenters. The molecule has 4 rings (SSSR count). The molecule has 0 spiro atoms. The maximum Gasteiger partial charge on any atom is 0.284 e. The third kappa shape index (κ3) is 3.03. The number of anilines is 1. The van der Waals surface area contributed by atoms with Crippen LogP contribution in [-0.2, 0) is 0 Å². The summed E-state index contributed by atoms with van der Waals surface area (Å²) in [6.07, 6.45) is 8.99. The van der Waals surface area contributed by atoms with E-state index in [9.17, 15) is 4.39 Å². The van der Waals surface area contributed by atoms with E-state index in [-0.39, 0.29) is 21.4 Å². The average molecular weight is 443 g/mol. The Labute approximate surface area is 159 Å². The van der Waals surface area contributed by atoms with Gasteiger partial charge in [0, 0.05) is 23.4 Å². The molecular formula is C15H10BrClFN5OS. The average Bonchev–Trinajstić information content (AvgIpc) is 3.20. The molecule has 10 heteroatoms. The van der Waals surface area contributed by atoms with Gasteiger partial charge in [0.1, 0.15) is 10.8 Å². The second kappa shape index (κ2) is 6.40. The summed E-state index contributed by atoms with van der Waals surface area (Å²) in [5, 5.41) is 9.97. The molecule has 0 saturated heterocycles. The summed E-state index contributed by atoms with van der Waals surface area (Å²) in [7, 11) is 0. The molecule has 0 saturated carbocycles. The minimum absolute atomic E-state index is 0.0353. The zero-order chi connectivity index (χ0) is 17.6. The van der Waals surface area contributed by atoms with Gasteiger partial charge in [0.15, 0.2) is 5.65 Å². The Balaban J connectivity index is 1.88. The van der Waals surface area contributed by atoms with Crippen LogP contribution in [0.5, 0.6) is 0 Å². The number of aromatic amines is 1. The molecule has 128 valence electrons. The van der Waals surface area contributed by atoms with E-state index in [1.807, 2.05) is 0 Å². The van der Waals surface area contributed by atoms with Crippen molar-refractivity contribution in [2.45, 2.75) is 11.2 Å². The molecule has 25 heavy (non-hydrogen) atoms. The molecule has 3 aromatic heterocycles. The lowest BCUT2D eigenvalue weighted by Crippen LogP contribution is -2.09. The van der Waals surface area contributed by atoms with E-state index in [0.717, 1.165) is 0 Å². The Kier molecular flexibility index (Phi) is 4.22. The van der Waals surface area contributed by atoms with Gasteiger partial charge in [-0.2, -0.15) is 0 Å². The highest BCUT2D eigenvalue weighted by atomic mass is 79.9. The number of rotatable bonds is 3.